The van der Waals surface area contributed by atoms with Crippen LogP contribution in [0.3, 0.4) is 0 Å². The summed E-state index contributed by atoms with van der Waals surface area (Å²) in [5.41, 5.74) is 1.74. The molecule has 1 rings (SSSR count). The fraction of sp³-hybridized carbons (Fsp3) is 0.579. The predicted molar refractivity (Wildman–Crippen MR) is 95.5 cm³/mol. The van der Waals surface area contributed by atoms with E-state index in [9.17, 15) is 9.59 Å². The number of unbranched alkanes of at least 4 members (excludes halogenated alkanes) is 1. The molecule has 0 unspecified atom stereocenters. The number of anilines is 1. The largest absolute Gasteiger partial charge is 0.348 e. The van der Waals surface area contributed by atoms with E-state index in [4.69, 9.17) is 0 Å². The molecule has 0 saturated carbocycles. The van der Waals surface area contributed by atoms with E-state index in [1.165, 1.54) is 0 Å². The fourth-order valence-corrected chi connectivity index (χ4v) is 2.55. The van der Waals surface area contributed by atoms with Gasteiger partial charge in [0.1, 0.15) is 0 Å². The predicted octanol–water partition coefficient (Wildman–Crippen LogP) is 4.08. The van der Waals surface area contributed by atoms with Gasteiger partial charge in [0.25, 0.3) is 0 Å². The Morgan fingerprint density at radius 3 is 2.39 bits per heavy atom. The van der Waals surface area contributed by atoms with Gasteiger partial charge in [-0.05, 0) is 29.9 Å². The quantitative estimate of drug-likeness (QED) is 0.710. The molecular weight excluding hydrogens is 288 g/mol. The normalized spacial score (nSPS) is 12.0. The van der Waals surface area contributed by atoms with Gasteiger partial charge in [-0.15, -0.1) is 0 Å². The first kappa shape index (κ1) is 19.2. The number of para-hydroxylation sites is 1. The lowest BCUT2D eigenvalue weighted by molar-refractivity contribution is -0.136. The van der Waals surface area contributed by atoms with Crippen LogP contribution in [0, 0.1) is 5.92 Å². The van der Waals surface area contributed by atoms with E-state index in [1.54, 1.807) is 0 Å². The molecule has 1 atom stereocenters. The van der Waals surface area contributed by atoms with Crippen LogP contribution in [0.15, 0.2) is 24.3 Å². The van der Waals surface area contributed by atoms with Gasteiger partial charge in [-0.2, -0.15) is 0 Å². The highest BCUT2D eigenvalue weighted by Crippen LogP contribution is 2.23. The van der Waals surface area contributed by atoms with Crippen molar-refractivity contribution in [2.45, 2.75) is 59.3 Å². The lowest BCUT2D eigenvalue weighted by atomic mass is 9.99. The number of carbonyl (C=O) groups excluding carboxylic acids is 2. The Balaban J connectivity index is 2.56. The molecule has 128 valence electrons. The van der Waals surface area contributed by atoms with Crippen molar-refractivity contribution in [1.29, 1.82) is 0 Å². The lowest BCUT2D eigenvalue weighted by Gasteiger charge is -2.16. The molecule has 0 aliphatic heterocycles. The minimum absolute atomic E-state index is 0.285. The smallest absolute Gasteiger partial charge is 0.313 e. The fourth-order valence-electron chi connectivity index (χ4n) is 2.55. The maximum absolute atomic E-state index is 12.1. The SMILES string of the molecule is CCCC[C@@H](CC)CNC(=O)C(=O)Nc1ccccc1C(C)C. The van der Waals surface area contributed by atoms with E-state index >= 15 is 0 Å². The summed E-state index contributed by atoms with van der Waals surface area (Å²) in [6, 6.07) is 7.59. The Kier molecular flexibility index (Phi) is 8.38. The average molecular weight is 318 g/mol. The Hall–Kier alpha value is -1.84. The summed E-state index contributed by atoms with van der Waals surface area (Å²) in [5.74, 6) is -0.426. The van der Waals surface area contributed by atoms with Crippen molar-refractivity contribution in [3.05, 3.63) is 29.8 Å². The molecule has 0 fully saturated rings. The summed E-state index contributed by atoms with van der Waals surface area (Å²) in [6.07, 6.45) is 4.41. The van der Waals surface area contributed by atoms with Gasteiger partial charge in [0.05, 0.1) is 0 Å². The van der Waals surface area contributed by atoms with Crippen LogP contribution in [0.25, 0.3) is 0 Å². The molecule has 2 N–H and O–H groups in total. The van der Waals surface area contributed by atoms with Crippen molar-refractivity contribution in [1.82, 2.24) is 5.32 Å². The first-order chi connectivity index (χ1) is 11.0. The second-order valence-electron chi connectivity index (χ2n) is 6.32. The van der Waals surface area contributed by atoms with Crippen LogP contribution in [0.2, 0.25) is 0 Å². The third-order valence-electron chi connectivity index (χ3n) is 4.13. The summed E-state index contributed by atoms with van der Waals surface area (Å²) in [5, 5.41) is 5.49. The second-order valence-corrected chi connectivity index (χ2v) is 6.32. The van der Waals surface area contributed by atoms with Crippen LogP contribution in [-0.4, -0.2) is 18.4 Å². The summed E-state index contributed by atoms with van der Waals surface area (Å²) < 4.78 is 0. The van der Waals surface area contributed by atoms with E-state index in [2.05, 4.69) is 38.3 Å². The van der Waals surface area contributed by atoms with Crippen molar-refractivity contribution in [3.8, 4) is 0 Å². The van der Waals surface area contributed by atoms with E-state index in [0.29, 0.717) is 18.2 Å². The zero-order valence-corrected chi connectivity index (χ0v) is 14.8. The molecule has 1 aromatic rings. The Morgan fingerprint density at radius 2 is 1.78 bits per heavy atom. The van der Waals surface area contributed by atoms with Crippen molar-refractivity contribution < 1.29 is 9.59 Å². The molecular formula is C19H30N2O2. The molecule has 2 amide bonds. The monoisotopic (exact) mass is 318 g/mol. The molecule has 0 saturated heterocycles. The molecule has 0 heterocycles. The lowest BCUT2D eigenvalue weighted by Crippen LogP contribution is -2.38. The highest BCUT2D eigenvalue weighted by Gasteiger charge is 2.17. The van der Waals surface area contributed by atoms with Crippen molar-refractivity contribution in [2.75, 3.05) is 11.9 Å². The molecule has 0 bridgehead atoms. The van der Waals surface area contributed by atoms with Crippen LogP contribution >= 0.6 is 0 Å². The Bertz CT molecular complexity index is 512. The van der Waals surface area contributed by atoms with Gasteiger partial charge in [0.2, 0.25) is 0 Å². The zero-order valence-electron chi connectivity index (χ0n) is 14.8. The van der Waals surface area contributed by atoms with Gasteiger partial charge in [-0.1, -0.05) is 65.2 Å². The molecule has 4 heteroatoms. The maximum Gasteiger partial charge on any atom is 0.313 e. The van der Waals surface area contributed by atoms with Crippen molar-refractivity contribution >= 4 is 17.5 Å². The van der Waals surface area contributed by atoms with Gasteiger partial charge in [0.15, 0.2) is 0 Å². The molecule has 4 nitrogen and oxygen atoms in total. The van der Waals surface area contributed by atoms with Gasteiger partial charge in [-0.25, -0.2) is 0 Å². The molecule has 0 aliphatic rings. The van der Waals surface area contributed by atoms with Gasteiger partial charge >= 0.3 is 11.8 Å². The van der Waals surface area contributed by atoms with E-state index in [0.717, 1.165) is 31.2 Å². The molecule has 0 aromatic heterocycles. The van der Waals surface area contributed by atoms with E-state index in [-0.39, 0.29) is 5.92 Å². The van der Waals surface area contributed by atoms with Gasteiger partial charge in [-0.3, -0.25) is 9.59 Å². The molecule has 23 heavy (non-hydrogen) atoms. The Morgan fingerprint density at radius 1 is 1.09 bits per heavy atom. The minimum atomic E-state index is -0.594. The molecule has 0 spiro atoms. The van der Waals surface area contributed by atoms with Crippen LogP contribution in [0.1, 0.15) is 64.9 Å². The van der Waals surface area contributed by atoms with Crippen LogP contribution in [0.4, 0.5) is 5.69 Å². The second kappa shape index (κ2) is 10.0. The third-order valence-corrected chi connectivity index (χ3v) is 4.13. The maximum atomic E-state index is 12.1. The molecule has 0 radical (unpaired) electrons. The molecule has 0 aliphatic carbocycles. The van der Waals surface area contributed by atoms with Crippen LogP contribution in [-0.2, 0) is 9.59 Å². The Labute approximate surface area is 140 Å². The van der Waals surface area contributed by atoms with E-state index in [1.807, 2.05) is 24.3 Å². The van der Waals surface area contributed by atoms with Crippen molar-refractivity contribution in [2.24, 2.45) is 5.92 Å². The standard InChI is InChI=1S/C19H30N2O2/c1-5-7-10-15(6-2)13-20-18(22)19(23)21-17-12-9-8-11-16(17)14(3)4/h8-9,11-12,14-15H,5-7,10,13H2,1-4H3,(H,20,22)(H,21,23)/t15-/m1/s1. The molecule has 1 aromatic carbocycles. The average Bonchev–Trinajstić information content (AvgIpc) is 2.55. The summed E-state index contributed by atoms with van der Waals surface area (Å²) in [7, 11) is 0. The number of carbonyl (C=O) groups is 2. The van der Waals surface area contributed by atoms with Gasteiger partial charge in [0, 0.05) is 12.2 Å². The number of hydrogen-bond donors (Lipinski definition) is 2. The first-order valence-electron chi connectivity index (χ1n) is 8.67. The van der Waals surface area contributed by atoms with Crippen molar-refractivity contribution in [3.63, 3.8) is 0 Å². The van der Waals surface area contributed by atoms with Crippen LogP contribution in [0.5, 0.6) is 0 Å². The zero-order chi connectivity index (χ0) is 17.2. The highest BCUT2D eigenvalue weighted by atomic mass is 16.2. The number of hydrogen-bond acceptors (Lipinski definition) is 2. The number of rotatable bonds is 8. The number of benzene rings is 1. The number of nitrogens with one attached hydrogen (secondary N) is 2. The number of amides is 2. The topological polar surface area (TPSA) is 58.2 Å². The summed E-state index contributed by atoms with van der Waals surface area (Å²) in [4.78, 5) is 24.1. The third kappa shape index (κ3) is 6.43. The first-order valence-corrected chi connectivity index (χ1v) is 8.67. The minimum Gasteiger partial charge on any atom is -0.348 e. The highest BCUT2D eigenvalue weighted by molar-refractivity contribution is 6.39. The van der Waals surface area contributed by atoms with E-state index < -0.39 is 11.8 Å². The van der Waals surface area contributed by atoms with Crippen LogP contribution < -0.4 is 10.6 Å². The summed E-state index contributed by atoms with van der Waals surface area (Å²) >= 11 is 0. The summed E-state index contributed by atoms with van der Waals surface area (Å²) in [6.45, 7) is 8.96. The van der Waals surface area contributed by atoms with Gasteiger partial charge < -0.3 is 10.6 Å².